The average Bonchev–Trinajstić information content (AvgIpc) is 1.62. The molecule has 6 heteroatoms. The molecule has 0 atom stereocenters. The van der Waals surface area contributed by atoms with E-state index in [1.165, 1.54) is 137 Å². The van der Waals surface area contributed by atoms with Crippen LogP contribution in [0.25, 0.3) is 64.6 Å². The van der Waals surface area contributed by atoms with Gasteiger partial charge in [-0.05, 0) is 134 Å². The molecule has 0 saturated carbocycles. The molecule has 630 valence electrons. The molecular formula is C111H150O6. The molecule has 0 radical (unpaired) electrons. The van der Waals surface area contributed by atoms with Crippen LogP contribution in [-0.4, -0.2) is 73.3 Å². The van der Waals surface area contributed by atoms with Crippen molar-refractivity contribution in [3.63, 3.8) is 0 Å². The van der Waals surface area contributed by atoms with Gasteiger partial charge in [0.15, 0.2) is 0 Å². The van der Waals surface area contributed by atoms with Crippen molar-refractivity contribution < 1.29 is 30.6 Å². The van der Waals surface area contributed by atoms with Gasteiger partial charge < -0.3 is 30.6 Å². The van der Waals surface area contributed by atoms with E-state index in [9.17, 15) is 0 Å². The van der Waals surface area contributed by atoms with E-state index in [1.807, 2.05) is 151 Å². The van der Waals surface area contributed by atoms with E-state index >= 15 is 0 Å². The van der Waals surface area contributed by atoms with Gasteiger partial charge in [0.05, 0.1) is 0 Å². The van der Waals surface area contributed by atoms with Crippen LogP contribution in [0.3, 0.4) is 0 Å². The van der Waals surface area contributed by atoms with Gasteiger partial charge in [0.1, 0.15) is 0 Å². The van der Waals surface area contributed by atoms with Gasteiger partial charge in [0.2, 0.25) is 0 Å². The van der Waals surface area contributed by atoms with E-state index in [1.54, 1.807) is 0 Å². The van der Waals surface area contributed by atoms with Crippen LogP contribution in [0.2, 0.25) is 0 Å². The van der Waals surface area contributed by atoms with Gasteiger partial charge in [-0.1, -0.05) is 508 Å². The number of benzene rings is 15. The van der Waals surface area contributed by atoms with E-state index < -0.39 is 0 Å². The summed E-state index contributed by atoms with van der Waals surface area (Å²) < 4.78 is 0. The van der Waals surface area contributed by atoms with Crippen LogP contribution in [0.1, 0.15) is 177 Å². The maximum Gasteiger partial charge on any atom is 0.0319 e. The zero-order chi connectivity index (χ0) is 88.6. The van der Waals surface area contributed by atoms with Crippen molar-refractivity contribution in [2.75, 3.05) is 42.7 Å². The summed E-state index contributed by atoms with van der Waals surface area (Å²) in [5.41, 5.74) is 10.1. The molecule has 0 heterocycles. The Hall–Kier alpha value is -10.4. The molecule has 0 spiro atoms. The van der Waals surface area contributed by atoms with E-state index in [0.29, 0.717) is 16.2 Å². The largest absolute Gasteiger partial charge is 0.400 e. The number of rotatable bonds is 0. The maximum absolute atomic E-state index is 7.00. The molecule has 6 nitrogen and oxygen atoms in total. The molecular weight excluding hydrogens is 1430 g/mol. The summed E-state index contributed by atoms with van der Waals surface area (Å²) in [6.07, 6.45) is 7.30. The third-order valence-corrected chi connectivity index (χ3v) is 17.0. The number of hydrogen-bond acceptors (Lipinski definition) is 6. The van der Waals surface area contributed by atoms with Crippen LogP contribution in [0.4, 0.5) is 0 Å². The topological polar surface area (TPSA) is 121 Å². The number of aliphatic hydroxyl groups is 6. The standard InChI is InChI=1S/3C14H14.3C10H8.3C6H6.3C3H8.3C2H6.6CH4O/c3*1-14(2)9-11-7-3-5-10-6-4-8-12(14)13(10)11;3*1-2-6-10-8-4-3-7-9(10)5-1;3*1-2-4-6-5-3-1;3*1-3-2;9*1-2/h3*3-8H,9H2,1-2H3;3*1-8H;3*1-6H;3*3H2,1-2H3;3*1-2H3;6*2H,1H3. The molecule has 0 aliphatic heterocycles. The summed E-state index contributed by atoms with van der Waals surface area (Å²) >= 11 is 0. The van der Waals surface area contributed by atoms with Gasteiger partial charge in [0.25, 0.3) is 0 Å². The predicted octanol–water partition coefficient (Wildman–Crippen LogP) is 29.6. The smallest absolute Gasteiger partial charge is 0.0319 e. The van der Waals surface area contributed by atoms with Crippen LogP contribution in [0.15, 0.2) is 364 Å². The first-order valence-electron chi connectivity index (χ1n) is 41.7. The van der Waals surface area contributed by atoms with Gasteiger partial charge in [-0.15, -0.1) is 0 Å². The van der Waals surface area contributed by atoms with E-state index in [2.05, 4.69) is 338 Å². The molecule has 15 aromatic rings. The molecule has 15 aromatic carbocycles. The fourth-order valence-corrected chi connectivity index (χ4v) is 12.7. The lowest BCUT2D eigenvalue weighted by molar-refractivity contribution is 0.399. The lowest BCUT2D eigenvalue weighted by Crippen LogP contribution is -2.14. The molecule has 18 rings (SSSR count). The first-order chi connectivity index (χ1) is 57.2. The summed E-state index contributed by atoms with van der Waals surface area (Å²) in [5, 5.41) is 58.5. The van der Waals surface area contributed by atoms with Crippen molar-refractivity contribution in [3.8, 4) is 0 Å². The van der Waals surface area contributed by atoms with Crippen molar-refractivity contribution in [2.24, 2.45) is 0 Å². The van der Waals surface area contributed by atoms with Crippen molar-refractivity contribution >= 4 is 64.6 Å². The highest BCUT2D eigenvalue weighted by Gasteiger charge is 2.32. The zero-order valence-corrected chi connectivity index (χ0v) is 76.1. The highest BCUT2D eigenvalue weighted by atomic mass is 16.2. The van der Waals surface area contributed by atoms with Crippen LogP contribution < -0.4 is 0 Å². The molecule has 3 aliphatic rings. The van der Waals surface area contributed by atoms with Crippen LogP contribution in [-0.2, 0) is 35.5 Å². The quantitative estimate of drug-likeness (QED) is 0.0900. The lowest BCUT2D eigenvalue weighted by atomic mass is 9.85. The minimum Gasteiger partial charge on any atom is -0.400 e. The highest BCUT2D eigenvalue weighted by molar-refractivity contribution is 5.94. The summed E-state index contributed by atoms with van der Waals surface area (Å²) in [5.74, 6) is 0. The van der Waals surface area contributed by atoms with E-state index in [-0.39, 0.29) is 0 Å². The van der Waals surface area contributed by atoms with Crippen molar-refractivity contribution in [2.45, 2.75) is 179 Å². The van der Waals surface area contributed by atoms with E-state index in [0.717, 1.165) is 42.7 Å². The Kier molecular flexibility index (Phi) is 67.2. The third-order valence-electron chi connectivity index (χ3n) is 17.0. The van der Waals surface area contributed by atoms with Crippen LogP contribution in [0, 0.1) is 0 Å². The van der Waals surface area contributed by atoms with E-state index in [4.69, 9.17) is 30.6 Å². The van der Waals surface area contributed by atoms with Crippen molar-refractivity contribution in [1.29, 1.82) is 0 Å². The normalized spacial score (nSPS) is 11.0. The fourth-order valence-electron chi connectivity index (χ4n) is 12.7. The second kappa shape index (κ2) is 71.0. The van der Waals surface area contributed by atoms with Gasteiger partial charge in [-0.3, -0.25) is 0 Å². The molecule has 0 aromatic heterocycles. The predicted molar refractivity (Wildman–Crippen MR) is 524 cm³/mol. The fraction of sp³-hybridized carbons (Fsp3) is 0.297. The molecule has 6 N–H and O–H groups in total. The van der Waals surface area contributed by atoms with Crippen LogP contribution >= 0.6 is 0 Å². The summed E-state index contributed by atoms with van der Waals surface area (Å²) in [6, 6.07) is 126. The van der Waals surface area contributed by atoms with Crippen molar-refractivity contribution in [1.82, 2.24) is 0 Å². The molecule has 3 aliphatic carbocycles. The second-order valence-corrected chi connectivity index (χ2v) is 27.3. The SMILES string of the molecule is CC.CC.CC.CC1(C)Cc2cccc3cccc1c23.CC1(C)Cc2cccc3cccc1c23.CC1(C)Cc2cccc3cccc1c23.CCC.CCC.CCC.CO.CO.CO.CO.CO.CO.c1ccc2ccccc2c1.c1ccc2ccccc2c1.c1ccc2ccccc2c1.c1ccccc1.c1ccccc1.c1ccccc1. The molecule has 0 amide bonds. The van der Waals surface area contributed by atoms with Gasteiger partial charge in [0, 0.05) is 42.7 Å². The summed E-state index contributed by atoms with van der Waals surface area (Å²) in [6.45, 7) is 38.8. The number of fused-ring (bicyclic) bond motifs is 3. The molecule has 117 heavy (non-hydrogen) atoms. The Labute approximate surface area is 710 Å². The lowest BCUT2D eigenvalue weighted by Gasteiger charge is -2.18. The minimum atomic E-state index is 0.323. The first-order valence-corrected chi connectivity index (χ1v) is 41.7. The Morgan fingerprint density at radius 2 is 0.282 bits per heavy atom. The monoisotopic (exact) mass is 1580 g/mol. The Bertz CT molecular complexity index is 3970. The average molecular weight is 1580 g/mol. The number of aliphatic hydroxyl groups excluding tert-OH is 6. The van der Waals surface area contributed by atoms with Crippen LogP contribution in [0.5, 0.6) is 0 Å². The summed E-state index contributed by atoms with van der Waals surface area (Å²) in [4.78, 5) is 0. The Balaban J connectivity index is -0.00000122. The van der Waals surface area contributed by atoms with Gasteiger partial charge in [-0.2, -0.15) is 0 Å². The zero-order valence-electron chi connectivity index (χ0n) is 76.1. The Morgan fingerprint density at radius 3 is 0.410 bits per heavy atom. The highest BCUT2D eigenvalue weighted by Crippen LogP contribution is 2.44. The Morgan fingerprint density at radius 1 is 0.171 bits per heavy atom. The third kappa shape index (κ3) is 40.8. The molecule has 0 unspecified atom stereocenters. The molecule has 0 saturated heterocycles. The van der Waals surface area contributed by atoms with Gasteiger partial charge in [-0.25, -0.2) is 0 Å². The number of hydrogen-bond donors (Lipinski definition) is 6. The first kappa shape index (κ1) is 111. The second-order valence-electron chi connectivity index (χ2n) is 27.3. The minimum absolute atomic E-state index is 0.323. The van der Waals surface area contributed by atoms with Crippen molar-refractivity contribution in [3.05, 3.63) is 397 Å². The van der Waals surface area contributed by atoms with Gasteiger partial charge >= 0.3 is 0 Å². The molecule has 0 bridgehead atoms. The maximum atomic E-state index is 7.00. The molecule has 0 fully saturated rings. The summed E-state index contributed by atoms with van der Waals surface area (Å²) in [7, 11) is 6.00.